The van der Waals surface area contributed by atoms with Gasteiger partial charge in [-0.05, 0) is 38.3 Å². The number of hydrogen-bond acceptors (Lipinski definition) is 4. The third kappa shape index (κ3) is 8.93. The standard InChI is InChI=1S/C19H30FN3O3S.HI/c1-4-16(26-17-8-6-7-15(20)11-17)12-22-18(21-5-2)23-13-19(9-10-19)14-27(3,24)25;/h6-8,11,16H,4-5,9-10,12-14H2,1-3H3,(H2,21,22,23);1H. The molecule has 9 heteroatoms. The molecule has 0 radical (unpaired) electrons. The molecule has 1 aliphatic rings. The Kier molecular flexibility index (Phi) is 9.96. The molecule has 1 atom stereocenters. The summed E-state index contributed by atoms with van der Waals surface area (Å²) < 4.78 is 42.3. The highest BCUT2D eigenvalue weighted by Gasteiger charge is 2.45. The largest absolute Gasteiger partial charge is 0.489 e. The SMILES string of the molecule is CCNC(=NCC1(CS(C)(=O)=O)CC1)NCC(CC)Oc1cccc(F)c1.I. The quantitative estimate of drug-likeness (QED) is 0.278. The summed E-state index contributed by atoms with van der Waals surface area (Å²) in [6.45, 7) is 5.67. The summed E-state index contributed by atoms with van der Waals surface area (Å²) >= 11 is 0. The number of nitrogens with zero attached hydrogens (tertiary/aromatic N) is 1. The van der Waals surface area contributed by atoms with Gasteiger partial charge in [0, 0.05) is 30.8 Å². The Labute approximate surface area is 184 Å². The second-order valence-corrected chi connectivity index (χ2v) is 9.39. The van der Waals surface area contributed by atoms with Crippen molar-refractivity contribution in [3.8, 4) is 5.75 Å². The number of nitrogens with one attached hydrogen (secondary N) is 2. The molecular formula is C19H31FIN3O3S. The fourth-order valence-electron chi connectivity index (χ4n) is 2.88. The zero-order valence-corrected chi connectivity index (χ0v) is 19.8. The summed E-state index contributed by atoms with van der Waals surface area (Å²) in [5.41, 5.74) is -0.210. The molecule has 1 aliphatic carbocycles. The van der Waals surface area contributed by atoms with E-state index in [1.165, 1.54) is 18.4 Å². The number of benzene rings is 1. The van der Waals surface area contributed by atoms with E-state index in [9.17, 15) is 12.8 Å². The number of halogens is 2. The van der Waals surface area contributed by atoms with Gasteiger partial charge < -0.3 is 15.4 Å². The fraction of sp³-hybridized carbons (Fsp3) is 0.632. The van der Waals surface area contributed by atoms with E-state index in [4.69, 9.17) is 4.74 Å². The van der Waals surface area contributed by atoms with Crippen molar-refractivity contribution in [3.05, 3.63) is 30.1 Å². The van der Waals surface area contributed by atoms with E-state index in [1.807, 2.05) is 13.8 Å². The van der Waals surface area contributed by atoms with Crippen LogP contribution in [0.5, 0.6) is 5.75 Å². The van der Waals surface area contributed by atoms with Crippen molar-refractivity contribution >= 4 is 39.8 Å². The molecule has 1 aromatic rings. The molecule has 0 aromatic heterocycles. The van der Waals surface area contributed by atoms with E-state index in [1.54, 1.807) is 12.1 Å². The Morgan fingerprint density at radius 3 is 2.57 bits per heavy atom. The lowest BCUT2D eigenvalue weighted by molar-refractivity contribution is 0.198. The molecule has 6 nitrogen and oxygen atoms in total. The molecule has 2 N–H and O–H groups in total. The second-order valence-electron chi connectivity index (χ2n) is 7.25. The minimum Gasteiger partial charge on any atom is -0.489 e. The van der Waals surface area contributed by atoms with Gasteiger partial charge in [-0.1, -0.05) is 13.0 Å². The molecule has 0 spiro atoms. The van der Waals surface area contributed by atoms with Crippen molar-refractivity contribution in [3.63, 3.8) is 0 Å². The first-order valence-electron chi connectivity index (χ1n) is 9.37. The lowest BCUT2D eigenvalue weighted by Crippen LogP contribution is -2.43. The molecule has 1 aromatic carbocycles. The predicted molar refractivity (Wildman–Crippen MR) is 122 cm³/mol. The average molecular weight is 527 g/mol. The van der Waals surface area contributed by atoms with Gasteiger partial charge in [-0.2, -0.15) is 0 Å². The summed E-state index contributed by atoms with van der Waals surface area (Å²) in [7, 11) is -3.01. The van der Waals surface area contributed by atoms with E-state index in [0.29, 0.717) is 31.3 Å². The van der Waals surface area contributed by atoms with E-state index in [2.05, 4.69) is 15.6 Å². The van der Waals surface area contributed by atoms with E-state index in [-0.39, 0.29) is 47.1 Å². The summed E-state index contributed by atoms with van der Waals surface area (Å²) in [4.78, 5) is 4.57. The molecule has 2 rings (SSSR count). The number of guanidine groups is 1. The van der Waals surface area contributed by atoms with E-state index >= 15 is 0 Å². The maximum absolute atomic E-state index is 13.3. The average Bonchev–Trinajstić information content (AvgIpc) is 3.34. The summed E-state index contributed by atoms with van der Waals surface area (Å²) in [5, 5.41) is 6.41. The van der Waals surface area contributed by atoms with Crippen LogP contribution in [0.25, 0.3) is 0 Å². The van der Waals surface area contributed by atoms with Gasteiger partial charge in [-0.15, -0.1) is 24.0 Å². The van der Waals surface area contributed by atoms with Crippen molar-refractivity contribution in [2.24, 2.45) is 10.4 Å². The minimum absolute atomic E-state index is 0. The molecule has 0 heterocycles. The highest BCUT2D eigenvalue weighted by molar-refractivity contribution is 14.0. The van der Waals surface area contributed by atoms with E-state index in [0.717, 1.165) is 19.3 Å². The number of rotatable bonds is 10. The summed E-state index contributed by atoms with van der Waals surface area (Å²) in [6, 6.07) is 6.09. The number of hydrogen-bond donors (Lipinski definition) is 2. The predicted octanol–water partition coefficient (Wildman–Crippen LogP) is 2.98. The highest BCUT2D eigenvalue weighted by Crippen LogP contribution is 2.46. The minimum atomic E-state index is -3.01. The topological polar surface area (TPSA) is 79.8 Å². The van der Waals surface area contributed by atoms with E-state index < -0.39 is 9.84 Å². The van der Waals surface area contributed by atoms with Gasteiger partial charge >= 0.3 is 0 Å². The highest BCUT2D eigenvalue weighted by atomic mass is 127. The first-order valence-corrected chi connectivity index (χ1v) is 11.4. The molecule has 0 amide bonds. The van der Waals surface area contributed by atoms with Crippen LogP contribution in [-0.2, 0) is 9.84 Å². The Morgan fingerprint density at radius 1 is 1.32 bits per heavy atom. The van der Waals surface area contributed by atoms with Crippen molar-refractivity contribution in [1.82, 2.24) is 10.6 Å². The van der Waals surface area contributed by atoms with Crippen LogP contribution in [0.4, 0.5) is 4.39 Å². The Morgan fingerprint density at radius 2 is 2.04 bits per heavy atom. The van der Waals surface area contributed by atoms with Gasteiger partial charge in [0.25, 0.3) is 0 Å². The Balaban J connectivity index is 0.00000392. The molecule has 1 saturated carbocycles. The monoisotopic (exact) mass is 527 g/mol. The fourth-order valence-corrected chi connectivity index (χ4v) is 4.37. The molecule has 0 bridgehead atoms. The van der Waals surface area contributed by atoms with Crippen LogP contribution in [0, 0.1) is 11.2 Å². The van der Waals surface area contributed by atoms with Crippen molar-refractivity contribution in [2.75, 3.05) is 31.6 Å². The second kappa shape index (κ2) is 11.2. The molecule has 0 saturated heterocycles. The molecular weight excluding hydrogens is 496 g/mol. The van der Waals surface area contributed by atoms with Crippen LogP contribution in [-0.4, -0.2) is 52.1 Å². The van der Waals surface area contributed by atoms with Crippen molar-refractivity contribution < 1.29 is 17.5 Å². The van der Waals surface area contributed by atoms with Gasteiger partial charge in [0.1, 0.15) is 27.5 Å². The van der Waals surface area contributed by atoms with Crippen LogP contribution in [0.2, 0.25) is 0 Å². The molecule has 1 unspecified atom stereocenters. The van der Waals surface area contributed by atoms with Gasteiger partial charge in [-0.3, -0.25) is 4.99 Å². The van der Waals surface area contributed by atoms with Gasteiger partial charge in [-0.25, -0.2) is 12.8 Å². The molecule has 1 fully saturated rings. The first kappa shape index (κ1) is 24.9. The maximum atomic E-state index is 13.3. The lowest BCUT2D eigenvalue weighted by Gasteiger charge is -2.20. The number of ether oxygens (including phenoxy) is 1. The number of aliphatic imine (C=N–C) groups is 1. The van der Waals surface area contributed by atoms with Gasteiger partial charge in [0.15, 0.2) is 5.96 Å². The normalized spacial score (nSPS) is 16.6. The van der Waals surface area contributed by atoms with Crippen LogP contribution < -0.4 is 15.4 Å². The Bertz CT molecular complexity index is 755. The molecule has 0 aliphatic heterocycles. The van der Waals surface area contributed by atoms with Gasteiger partial charge in [0.05, 0.1) is 12.3 Å². The van der Waals surface area contributed by atoms with Crippen LogP contribution >= 0.6 is 24.0 Å². The van der Waals surface area contributed by atoms with Crippen LogP contribution in [0.1, 0.15) is 33.1 Å². The van der Waals surface area contributed by atoms with Gasteiger partial charge in [0.2, 0.25) is 0 Å². The smallest absolute Gasteiger partial charge is 0.191 e. The van der Waals surface area contributed by atoms with Crippen molar-refractivity contribution in [2.45, 2.75) is 39.2 Å². The zero-order chi connectivity index (χ0) is 19.9. The third-order valence-corrected chi connectivity index (χ3v) is 5.63. The van der Waals surface area contributed by atoms with Crippen LogP contribution in [0.3, 0.4) is 0 Å². The molecule has 160 valence electrons. The van der Waals surface area contributed by atoms with Crippen LogP contribution in [0.15, 0.2) is 29.3 Å². The molecule has 28 heavy (non-hydrogen) atoms. The first-order chi connectivity index (χ1) is 12.8. The third-order valence-electron chi connectivity index (χ3n) is 4.49. The van der Waals surface area contributed by atoms with Crippen molar-refractivity contribution in [1.29, 1.82) is 0 Å². The Hall–Kier alpha value is -1.10. The zero-order valence-electron chi connectivity index (χ0n) is 16.7. The maximum Gasteiger partial charge on any atom is 0.191 e. The lowest BCUT2D eigenvalue weighted by atomic mass is 10.1. The number of sulfone groups is 1. The summed E-state index contributed by atoms with van der Waals surface area (Å²) in [5.74, 6) is 0.989. The summed E-state index contributed by atoms with van der Waals surface area (Å²) in [6.07, 6.45) is 3.67.